The van der Waals surface area contributed by atoms with Crippen LogP contribution in [0.4, 0.5) is 0 Å². The number of imide groups is 1. The van der Waals surface area contributed by atoms with E-state index >= 15 is 0 Å². The molecule has 0 aliphatic carbocycles. The minimum absolute atomic E-state index is 0.0834. The molecule has 0 bridgehead atoms. The quantitative estimate of drug-likeness (QED) is 0.678. The number of benzene rings is 2. The van der Waals surface area contributed by atoms with Gasteiger partial charge in [-0.15, -0.1) is 0 Å². The summed E-state index contributed by atoms with van der Waals surface area (Å²) < 4.78 is 5.87. The average molecular weight is 435 g/mol. The molecule has 2 aromatic rings. The van der Waals surface area contributed by atoms with Gasteiger partial charge in [-0.05, 0) is 61.4 Å². The van der Waals surface area contributed by atoms with E-state index in [9.17, 15) is 14.7 Å². The molecule has 0 aromatic heterocycles. The summed E-state index contributed by atoms with van der Waals surface area (Å²) in [5.74, 6) is 0.279. The fourth-order valence-electron chi connectivity index (χ4n) is 4.61. The van der Waals surface area contributed by atoms with Crippen molar-refractivity contribution < 1.29 is 19.4 Å². The Kier molecular flexibility index (Phi) is 6.61. The van der Waals surface area contributed by atoms with E-state index in [1.807, 2.05) is 61.2 Å². The first-order valence-electron chi connectivity index (χ1n) is 11.2. The Morgan fingerprint density at radius 2 is 1.75 bits per heavy atom. The van der Waals surface area contributed by atoms with Crippen LogP contribution in [0.2, 0.25) is 0 Å². The van der Waals surface area contributed by atoms with Crippen molar-refractivity contribution in [2.24, 2.45) is 5.92 Å². The monoisotopic (exact) mass is 434 g/mol. The lowest BCUT2D eigenvalue weighted by atomic mass is 9.97. The maximum atomic E-state index is 13.4. The predicted molar refractivity (Wildman–Crippen MR) is 123 cm³/mol. The van der Waals surface area contributed by atoms with Gasteiger partial charge >= 0.3 is 0 Å². The SMILES string of the molecule is Cc1cc(C)cc(OCCN2C(=O)C(c3ccccc3)=C(N3CCCC(CO)C3)C2=O)c1. The van der Waals surface area contributed by atoms with Crippen LogP contribution < -0.4 is 4.74 Å². The normalized spacial score (nSPS) is 19.2. The molecule has 1 unspecified atom stereocenters. The van der Waals surface area contributed by atoms with Crippen LogP contribution in [0, 0.1) is 19.8 Å². The smallest absolute Gasteiger partial charge is 0.277 e. The van der Waals surface area contributed by atoms with Gasteiger partial charge in [0.25, 0.3) is 11.8 Å². The molecule has 0 saturated carbocycles. The molecular weight excluding hydrogens is 404 g/mol. The molecule has 0 spiro atoms. The van der Waals surface area contributed by atoms with Crippen molar-refractivity contribution in [2.75, 3.05) is 32.8 Å². The number of hydrogen-bond acceptors (Lipinski definition) is 5. The molecule has 1 N–H and O–H groups in total. The lowest BCUT2D eigenvalue weighted by molar-refractivity contribution is -0.138. The Balaban J connectivity index is 1.56. The molecular formula is C26H30N2O4. The summed E-state index contributed by atoms with van der Waals surface area (Å²) in [6.45, 7) is 5.79. The van der Waals surface area contributed by atoms with Crippen LogP contribution in [0.1, 0.15) is 29.5 Å². The van der Waals surface area contributed by atoms with Crippen molar-refractivity contribution >= 4 is 17.4 Å². The molecule has 1 fully saturated rings. The summed E-state index contributed by atoms with van der Waals surface area (Å²) >= 11 is 0. The van der Waals surface area contributed by atoms with Crippen molar-refractivity contribution in [1.82, 2.24) is 9.80 Å². The van der Waals surface area contributed by atoms with E-state index < -0.39 is 0 Å². The fraction of sp³-hybridized carbons (Fsp3) is 0.385. The van der Waals surface area contributed by atoms with E-state index in [2.05, 4.69) is 6.07 Å². The molecule has 32 heavy (non-hydrogen) atoms. The summed E-state index contributed by atoms with van der Waals surface area (Å²) in [4.78, 5) is 30.1. The molecule has 6 nitrogen and oxygen atoms in total. The van der Waals surface area contributed by atoms with Crippen LogP contribution in [0.3, 0.4) is 0 Å². The highest BCUT2D eigenvalue weighted by molar-refractivity contribution is 6.35. The van der Waals surface area contributed by atoms with Gasteiger partial charge in [0.1, 0.15) is 18.1 Å². The van der Waals surface area contributed by atoms with E-state index in [4.69, 9.17) is 4.74 Å². The molecule has 0 radical (unpaired) electrons. The van der Waals surface area contributed by atoms with Gasteiger partial charge < -0.3 is 14.7 Å². The maximum absolute atomic E-state index is 13.4. The van der Waals surface area contributed by atoms with Gasteiger partial charge in [0.2, 0.25) is 0 Å². The van der Waals surface area contributed by atoms with Gasteiger partial charge in [-0.1, -0.05) is 36.4 Å². The van der Waals surface area contributed by atoms with Crippen LogP contribution in [0.15, 0.2) is 54.2 Å². The Morgan fingerprint density at radius 1 is 1.03 bits per heavy atom. The molecule has 1 saturated heterocycles. The van der Waals surface area contributed by atoms with Gasteiger partial charge in [0.15, 0.2) is 0 Å². The summed E-state index contributed by atoms with van der Waals surface area (Å²) in [6.07, 6.45) is 1.81. The van der Waals surface area contributed by atoms with Crippen LogP contribution >= 0.6 is 0 Å². The number of hydrogen-bond donors (Lipinski definition) is 1. The summed E-state index contributed by atoms with van der Waals surface area (Å²) in [5.41, 5.74) is 3.84. The van der Waals surface area contributed by atoms with Gasteiger partial charge in [0.05, 0.1) is 12.1 Å². The first-order valence-corrected chi connectivity index (χ1v) is 11.2. The van der Waals surface area contributed by atoms with Crippen LogP contribution in [0.25, 0.3) is 5.57 Å². The number of nitrogens with zero attached hydrogens (tertiary/aromatic N) is 2. The number of aliphatic hydroxyl groups excluding tert-OH is 1. The highest BCUT2D eigenvalue weighted by Gasteiger charge is 2.42. The van der Waals surface area contributed by atoms with E-state index in [1.165, 1.54) is 4.90 Å². The van der Waals surface area contributed by atoms with E-state index in [0.717, 1.165) is 35.3 Å². The second kappa shape index (κ2) is 9.57. The van der Waals surface area contributed by atoms with Crippen LogP contribution in [-0.4, -0.2) is 59.6 Å². The molecule has 2 heterocycles. The molecule has 2 aromatic carbocycles. The minimum Gasteiger partial charge on any atom is -0.492 e. The number of amides is 2. The van der Waals surface area contributed by atoms with Crippen LogP contribution in [0.5, 0.6) is 5.75 Å². The van der Waals surface area contributed by atoms with Gasteiger partial charge in [0, 0.05) is 19.7 Å². The van der Waals surface area contributed by atoms with Crippen molar-refractivity contribution in [3.63, 3.8) is 0 Å². The molecule has 2 aliphatic heterocycles. The fourth-order valence-corrected chi connectivity index (χ4v) is 4.61. The van der Waals surface area contributed by atoms with Crippen LogP contribution in [-0.2, 0) is 9.59 Å². The first-order chi connectivity index (χ1) is 15.5. The third-order valence-corrected chi connectivity index (χ3v) is 6.08. The van der Waals surface area contributed by atoms with E-state index in [0.29, 0.717) is 24.4 Å². The lowest BCUT2D eigenvalue weighted by Gasteiger charge is -2.34. The highest BCUT2D eigenvalue weighted by atomic mass is 16.5. The standard InChI is InChI=1S/C26H30N2O4/c1-18-13-19(2)15-22(14-18)32-12-11-28-25(30)23(21-8-4-3-5-9-21)24(26(28)31)27-10-6-7-20(16-27)17-29/h3-5,8-9,13-15,20,29H,6-7,10-12,16-17H2,1-2H3. The molecule has 2 aliphatic rings. The van der Waals surface area contributed by atoms with Crippen molar-refractivity contribution in [3.8, 4) is 5.75 Å². The first kappa shape index (κ1) is 22.1. The highest BCUT2D eigenvalue weighted by Crippen LogP contribution is 2.33. The average Bonchev–Trinajstić information content (AvgIpc) is 3.04. The maximum Gasteiger partial charge on any atom is 0.277 e. The second-order valence-electron chi connectivity index (χ2n) is 8.66. The third kappa shape index (κ3) is 4.55. The molecule has 2 amide bonds. The zero-order valence-electron chi connectivity index (χ0n) is 18.7. The summed E-state index contributed by atoms with van der Waals surface area (Å²) in [6, 6.07) is 15.3. The number of aryl methyl sites for hydroxylation is 2. The second-order valence-corrected chi connectivity index (χ2v) is 8.66. The van der Waals surface area contributed by atoms with E-state index in [1.54, 1.807) is 0 Å². The minimum atomic E-state index is -0.286. The number of ether oxygens (including phenoxy) is 1. The Hall–Kier alpha value is -3.12. The van der Waals surface area contributed by atoms with Crippen molar-refractivity contribution in [1.29, 1.82) is 0 Å². The third-order valence-electron chi connectivity index (χ3n) is 6.08. The number of carbonyl (C=O) groups is 2. The van der Waals surface area contributed by atoms with Gasteiger partial charge in [-0.2, -0.15) is 0 Å². The summed E-state index contributed by atoms with van der Waals surface area (Å²) in [7, 11) is 0. The van der Waals surface area contributed by atoms with Crippen molar-refractivity contribution in [3.05, 3.63) is 70.9 Å². The Bertz CT molecular complexity index is 1010. The number of carbonyl (C=O) groups excluding carboxylic acids is 2. The predicted octanol–water partition coefficient (Wildman–Crippen LogP) is 3.17. The van der Waals surface area contributed by atoms with Gasteiger partial charge in [-0.3, -0.25) is 14.5 Å². The van der Waals surface area contributed by atoms with Crippen molar-refractivity contribution in [2.45, 2.75) is 26.7 Å². The zero-order chi connectivity index (χ0) is 22.7. The Labute approximate surface area is 189 Å². The molecule has 1 atom stereocenters. The molecule has 168 valence electrons. The number of aliphatic hydroxyl groups is 1. The summed E-state index contributed by atoms with van der Waals surface area (Å²) in [5, 5.41) is 9.65. The topological polar surface area (TPSA) is 70.1 Å². The van der Waals surface area contributed by atoms with Gasteiger partial charge in [-0.25, -0.2) is 0 Å². The molecule has 6 heteroatoms. The number of likely N-dealkylation sites (tertiary alicyclic amines) is 1. The number of piperidine rings is 1. The largest absolute Gasteiger partial charge is 0.492 e. The van der Waals surface area contributed by atoms with E-state index in [-0.39, 0.29) is 37.5 Å². The lowest BCUT2D eigenvalue weighted by Crippen LogP contribution is -2.41. The number of rotatable bonds is 7. The molecule has 4 rings (SSSR count). The Morgan fingerprint density at radius 3 is 2.44 bits per heavy atom. The zero-order valence-corrected chi connectivity index (χ0v) is 18.7.